The van der Waals surface area contributed by atoms with Crippen molar-refractivity contribution in [2.75, 3.05) is 26.7 Å². The standard InChI is InChI=1S/C14H19N3O3/c1-3-17-9-10(4-13(17)19)8-16(2)14(20)11-5-12(18)7-15-6-11/h5-7,10,18H,3-4,8-9H2,1-2H3. The lowest BCUT2D eigenvalue weighted by Crippen LogP contribution is -2.33. The van der Waals surface area contributed by atoms with E-state index in [1.165, 1.54) is 18.5 Å². The molecule has 1 fully saturated rings. The van der Waals surface area contributed by atoms with Crippen molar-refractivity contribution in [2.24, 2.45) is 5.92 Å². The quantitative estimate of drug-likeness (QED) is 0.880. The number of carbonyl (C=O) groups excluding carboxylic acids is 2. The summed E-state index contributed by atoms with van der Waals surface area (Å²) in [4.78, 5) is 31.0. The van der Waals surface area contributed by atoms with Crippen LogP contribution in [0, 0.1) is 5.92 Å². The molecule has 0 aromatic carbocycles. The van der Waals surface area contributed by atoms with Gasteiger partial charge in [0.05, 0.1) is 11.8 Å². The molecule has 0 saturated carbocycles. The molecule has 1 N–H and O–H groups in total. The predicted molar refractivity (Wildman–Crippen MR) is 73.2 cm³/mol. The van der Waals surface area contributed by atoms with Gasteiger partial charge in [0.1, 0.15) is 5.75 Å². The van der Waals surface area contributed by atoms with E-state index in [2.05, 4.69) is 4.98 Å². The van der Waals surface area contributed by atoms with Crippen LogP contribution in [0.4, 0.5) is 0 Å². The van der Waals surface area contributed by atoms with Gasteiger partial charge >= 0.3 is 0 Å². The van der Waals surface area contributed by atoms with Crippen LogP contribution < -0.4 is 0 Å². The summed E-state index contributed by atoms with van der Waals surface area (Å²) in [5, 5.41) is 9.34. The van der Waals surface area contributed by atoms with E-state index in [1.807, 2.05) is 6.92 Å². The molecule has 0 radical (unpaired) electrons. The van der Waals surface area contributed by atoms with Crippen LogP contribution in [0.25, 0.3) is 0 Å². The van der Waals surface area contributed by atoms with Crippen molar-refractivity contribution in [1.29, 1.82) is 0 Å². The first-order valence-electron chi connectivity index (χ1n) is 6.68. The fraction of sp³-hybridized carbons (Fsp3) is 0.500. The molecule has 2 rings (SSSR count). The van der Waals surface area contributed by atoms with E-state index in [9.17, 15) is 14.7 Å². The van der Waals surface area contributed by atoms with Gasteiger partial charge in [0, 0.05) is 45.2 Å². The van der Waals surface area contributed by atoms with Gasteiger partial charge in [-0.15, -0.1) is 0 Å². The third-order valence-electron chi connectivity index (χ3n) is 3.53. The number of aromatic nitrogens is 1. The average Bonchev–Trinajstić information content (AvgIpc) is 2.77. The van der Waals surface area contributed by atoms with Crippen molar-refractivity contribution in [3.63, 3.8) is 0 Å². The van der Waals surface area contributed by atoms with Crippen LogP contribution in [0.2, 0.25) is 0 Å². The van der Waals surface area contributed by atoms with E-state index >= 15 is 0 Å². The minimum absolute atomic E-state index is 0.0301. The molecule has 0 aliphatic carbocycles. The smallest absolute Gasteiger partial charge is 0.255 e. The molecule has 1 aromatic heterocycles. The topological polar surface area (TPSA) is 73.7 Å². The minimum atomic E-state index is -0.198. The summed E-state index contributed by atoms with van der Waals surface area (Å²) in [6.07, 6.45) is 3.20. The number of hydrogen-bond donors (Lipinski definition) is 1. The highest BCUT2D eigenvalue weighted by Gasteiger charge is 2.30. The molecule has 0 spiro atoms. The Morgan fingerprint density at radius 3 is 2.90 bits per heavy atom. The fourth-order valence-corrected chi connectivity index (χ4v) is 2.52. The summed E-state index contributed by atoms with van der Waals surface area (Å²) in [6.45, 7) is 3.89. The summed E-state index contributed by atoms with van der Waals surface area (Å²) in [7, 11) is 1.70. The van der Waals surface area contributed by atoms with E-state index in [-0.39, 0.29) is 23.5 Å². The molecule has 20 heavy (non-hydrogen) atoms. The molecule has 1 aliphatic heterocycles. The van der Waals surface area contributed by atoms with Crippen LogP contribution in [-0.2, 0) is 4.79 Å². The summed E-state index contributed by atoms with van der Waals surface area (Å²) >= 11 is 0. The van der Waals surface area contributed by atoms with Crippen molar-refractivity contribution < 1.29 is 14.7 Å². The van der Waals surface area contributed by atoms with Gasteiger partial charge in [0.25, 0.3) is 5.91 Å². The van der Waals surface area contributed by atoms with Gasteiger partial charge in [0.2, 0.25) is 5.91 Å². The molecule has 0 bridgehead atoms. The first-order chi connectivity index (χ1) is 9.51. The molecule has 1 aliphatic rings. The molecule has 108 valence electrons. The third kappa shape index (κ3) is 3.07. The molecule has 1 atom stereocenters. The van der Waals surface area contributed by atoms with Gasteiger partial charge < -0.3 is 14.9 Å². The van der Waals surface area contributed by atoms with Crippen molar-refractivity contribution in [1.82, 2.24) is 14.8 Å². The van der Waals surface area contributed by atoms with Gasteiger partial charge in [-0.2, -0.15) is 0 Å². The lowest BCUT2D eigenvalue weighted by atomic mass is 10.1. The normalized spacial score (nSPS) is 18.4. The number of rotatable bonds is 4. The summed E-state index contributed by atoms with van der Waals surface area (Å²) in [6, 6.07) is 1.39. The molecule has 6 heteroatoms. The summed E-state index contributed by atoms with van der Waals surface area (Å²) < 4.78 is 0. The number of amides is 2. The Bertz CT molecular complexity index is 518. The van der Waals surface area contributed by atoms with Crippen LogP contribution in [0.15, 0.2) is 18.5 Å². The van der Waals surface area contributed by atoms with Crippen LogP contribution >= 0.6 is 0 Å². The lowest BCUT2D eigenvalue weighted by molar-refractivity contribution is -0.127. The van der Waals surface area contributed by atoms with Crippen LogP contribution in [0.5, 0.6) is 5.75 Å². The number of pyridine rings is 1. The largest absolute Gasteiger partial charge is 0.506 e. The molecule has 1 saturated heterocycles. The summed E-state index contributed by atoms with van der Waals surface area (Å²) in [5.41, 5.74) is 0.351. The Kier molecular flexibility index (Phi) is 4.22. The van der Waals surface area contributed by atoms with E-state index in [4.69, 9.17) is 0 Å². The van der Waals surface area contributed by atoms with Crippen LogP contribution in [0.1, 0.15) is 23.7 Å². The maximum atomic E-state index is 12.2. The Labute approximate surface area is 118 Å². The zero-order valence-electron chi connectivity index (χ0n) is 11.7. The zero-order valence-corrected chi connectivity index (χ0v) is 11.7. The maximum Gasteiger partial charge on any atom is 0.255 e. The maximum absolute atomic E-state index is 12.2. The highest BCUT2D eigenvalue weighted by molar-refractivity contribution is 5.94. The highest BCUT2D eigenvalue weighted by atomic mass is 16.3. The second-order valence-electron chi connectivity index (χ2n) is 5.12. The zero-order chi connectivity index (χ0) is 14.7. The minimum Gasteiger partial charge on any atom is -0.506 e. The third-order valence-corrected chi connectivity index (χ3v) is 3.53. The first-order valence-corrected chi connectivity index (χ1v) is 6.68. The summed E-state index contributed by atoms with van der Waals surface area (Å²) in [5.74, 6) is 0.0901. The molecule has 2 amide bonds. The Morgan fingerprint density at radius 2 is 2.30 bits per heavy atom. The van der Waals surface area contributed by atoms with E-state index in [0.717, 1.165) is 0 Å². The van der Waals surface area contributed by atoms with Crippen molar-refractivity contribution >= 4 is 11.8 Å². The fourth-order valence-electron chi connectivity index (χ4n) is 2.52. The molecule has 6 nitrogen and oxygen atoms in total. The molecule has 1 aromatic rings. The van der Waals surface area contributed by atoms with Gasteiger partial charge in [-0.1, -0.05) is 0 Å². The van der Waals surface area contributed by atoms with Crippen LogP contribution in [0.3, 0.4) is 0 Å². The second-order valence-corrected chi connectivity index (χ2v) is 5.12. The van der Waals surface area contributed by atoms with E-state index < -0.39 is 0 Å². The number of carbonyl (C=O) groups is 2. The van der Waals surface area contributed by atoms with E-state index in [0.29, 0.717) is 31.6 Å². The average molecular weight is 277 g/mol. The number of nitrogens with zero attached hydrogens (tertiary/aromatic N) is 3. The van der Waals surface area contributed by atoms with Gasteiger partial charge in [0.15, 0.2) is 0 Å². The molecular weight excluding hydrogens is 258 g/mol. The van der Waals surface area contributed by atoms with Crippen LogP contribution in [-0.4, -0.2) is 58.4 Å². The number of aromatic hydroxyl groups is 1. The predicted octanol–water partition coefficient (Wildman–Crippen LogP) is 0.728. The number of hydrogen-bond acceptors (Lipinski definition) is 4. The Morgan fingerprint density at radius 1 is 1.55 bits per heavy atom. The second kappa shape index (κ2) is 5.90. The number of likely N-dealkylation sites (tertiary alicyclic amines) is 1. The first kappa shape index (κ1) is 14.3. The Hall–Kier alpha value is -2.11. The van der Waals surface area contributed by atoms with Gasteiger partial charge in [-0.05, 0) is 13.0 Å². The monoisotopic (exact) mass is 277 g/mol. The molecule has 2 heterocycles. The molecule has 1 unspecified atom stereocenters. The van der Waals surface area contributed by atoms with Crippen molar-refractivity contribution in [3.8, 4) is 5.75 Å². The van der Waals surface area contributed by atoms with Crippen molar-refractivity contribution in [3.05, 3.63) is 24.0 Å². The Balaban J connectivity index is 1.97. The highest BCUT2D eigenvalue weighted by Crippen LogP contribution is 2.19. The van der Waals surface area contributed by atoms with Gasteiger partial charge in [-0.25, -0.2) is 0 Å². The SMILES string of the molecule is CCN1CC(CN(C)C(=O)c2cncc(O)c2)CC1=O. The molecular formula is C14H19N3O3. The lowest BCUT2D eigenvalue weighted by Gasteiger charge is -2.21. The van der Waals surface area contributed by atoms with E-state index in [1.54, 1.807) is 16.8 Å². The van der Waals surface area contributed by atoms with Crippen molar-refractivity contribution in [2.45, 2.75) is 13.3 Å². The van der Waals surface area contributed by atoms with Gasteiger partial charge in [-0.3, -0.25) is 14.6 Å².